The summed E-state index contributed by atoms with van der Waals surface area (Å²) in [5, 5.41) is 22.4. The second kappa shape index (κ2) is 13.9. The number of ether oxygens (including phenoxy) is 1. The number of hydrogen-bond donors (Lipinski definition) is 4. The van der Waals surface area contributed by atoms with Crippen molar-refractivity contribution in [3.63, 3.8) is 0 Å². The Labute approximate surface area is 268 Å². The molecule has 3 aliphatic rings. The minimum atomic E-state index is -3.00. The molecule has 1 aromatic carbocycles. The molecule has 3 heterocycles. The highest BCUT2D eigenvalue weighted by Gasteiger charge is 2.66. The van der Waals surface area contributed by atoms with Gasteiger partial charge >= 0.3 is 0 Å². The van der Waals surface area contributed by atoms with Crippen LogP contribution in [0.5, 0.6) is 0 Å². The topological polar surface area (TPSA) is 140 Å². The monoisotopic (exact) mass is 641 g/mol. The van der Waals surface area contributed by atoms with Crippen LogP contribution in [0.15, 0.2) is 41.5 Å². The summed E-state index contributed by atoms with van der Waals surface area (Å²) in [6.45, 7) is 13.9. The van der Waals surface area contributed by atoms with Crippen molar-refractivity contribution in [1.82, 2.24) is 4.90 Å². The van der Waals surface area contributed by atoms with Gasteiger partial charge in [0.25, 0.3) is 11.8 Å². The van der Waals surface area contributed by atoms with E-state index >= 15 is 0 Å². The Morgan fingerprint density at radius 3 is 2.56 bits per heavy atom. The average Bonchev–Trinajstić information content (AvgIpc) is 3.61. The normalized spacial score (nSPS) is 27.2. The van der Waals surface area contributed by atoms with Gasteiger partial charge in [0.05, 0.1) is 30.9 Å². The molecule has 2 fully saturated rings. The van der Waals surface area contributed by atoms with Crippen molar-refractivity contribution < 1.29 is 34.1 Å². The van der Waals surface area contributed by atoms with Crippen LogP contribution >= 0.6 is 0 Å². The van der Waals surface area contributed by atoms with E-state index in [4.69, 9.17) is 4.74 Å². The number of aliphatic hydroxyl groups is 2. The zero-order valence-corrected chi connectivity index (χ0v) is 28.8. The molecule has 3 amide bonds. The molecule has 0 radical (unpaired) electrons. The predicted octanol–water partition coefficient (Wildman–Crippen LogP) is 4.22. The van der Waals surface area contributed by atoms with Crippen LogP contribution in [0.2, 0.25) is 18.6 Å². The van der Waals surface area contributed by atoms with Gasteiger partial charge in [-0.25, -0.2) is 0 Å². The molecule has 6 atom stereocenters. The van der Waals surface area contributed by atoms with Crippen LogP contribution in [0.25, 0.3) is 0 Å². The molecule has 11 heteroatoms. The summed E-state index contributed by atoms with van der Waals surface area (Å²) in [5.74, 6) is -1.46. The van der Waals surface area contributed by atoms with E-state index in [1.165, 1.54) is 12.5 Å². The van der Waals surface area contributed by atoms with Gasteiger partial charge in [-0.05, 0) is 84.7 Å². The zero-order valence-electron chi connectivity index (χ0n) is 27.8. The molecule has 0 aliphatic carbocycles. The number of aliphatic hydroxyl groups excluding tert-OH is 2. The van der Waals surface area contributed by atoms with E-state index in [2.05, 4.69) is 32.2 Å². The third-order valence-electron chi connectivity index (χ3n) is 9.63. The van der Waals surface area contributed by atoms with E-state index in [1.54, 1.807) is 28.0 Å². The molecule has 0 aromatic heterocycles. The van der Waals surface area contributed by atoms with E-state index in [9.17, 15) is 29.4 Å². The van der Waals surface area contributed by atoms with Crippen LogP contribution < -0.4 is 10.2 Å². The van der Waals surface area contributed by atoms with Gasteiger partial charge in [0.2, 0.25) is 5.91 Å². The predicted molar refractivity (Wildman–Crippen MR) is 177 cm³/mol. The standard InChI is InChI=1S/C34H51N3O7Si/c1-21(2)10-8-11-22(3)15-17-37-28-14-13-25(35-32(41)24(5)39)18-27(28)34(33(37)42)23(4)31(45(6,7)43)29(44-34)19-30(40)36-16-9-12-26(36)20-38/h10,13-15,18,23-24,26,29,31,38-39,43H,8-9,11-12,16-17,19-20H2,1-7H3,(H,35,41)/b22-15+/t23-,24-,26-,29+,31-,34+/m0/s1. The largest absolute Gasteiger partial charge is 0.432 e. The lowest BCUT2D eigenvalue weighted by Gasteiger charge is -2.32. The Bertz CT molecular complexity index is 1350. The second-order valence-electron chi connectivity index (χ2n) is 13.8. The van der Waals surface area contributed by atoms with Gasteiger partial charge in [-0.1, -0.05) is 30.2 Å². The van der Waals surface area contributed by atoms with Crippen LogP contribution in [0.1, 0.15) is 72.3 Å². The second-order valence-corrected chi connectivity index (χ2v) is 17.8. The third kappa shape index (κ3) is 7.12. The molecule has 45 heavy (non-hydrogen) atoms. The number of fused-ring (bicyclic) bond motifs is 2. The summed E-state index contributed by atoms with van der Waals surface area (Å²) in [5.41, 5.74) is 2.13. The molecular weight excluding hydrogens is 590 g/mol. The molecule has 0 unspecified atom stereocenters. The number of likely N-dealkylation sites (tertiary alicyclic amines) is 1. The van der Waals surface area contributed by atoms with Crippen LogP contribution in [0.4, 0.5) is 11.4 Å². The Balaban J connectivity index is 1.74. The van der Waals surface area contributed by atoms with E-state index in [0.29, 0.717) is 30.0 Å². The third-order valence-corrected chi connectivity index (χ3v) is 12.1. The molecule has 0 bridgehead atoms. The zero-order chi connectivity index (χ0) is 33.3. The number of carbonyl (C=O) groups excluding carboxylic acids is 3. The molecule has 4 rings (SSSR count). The number of carbonyl (C=O) groups is 3. The van der Waals surface area contributed by atoms with Crippen LogP contribution in [-0.4, -0.2) is 83.9 Å². The van der Waals surface area contributed by atoms with Crippen molar-refractivity contribution >= 4 is 37.4 Å². The molecule has 1 aromatic rings. The van der Waals surface area contributed by atoms with Gasteiger partial charge in [0.15, 0.2) is 13.9 Å². The lowest BCUT2D eigenvalue weighted by molar-refractivity contribution is -0.149. The average molecular weight is 642 g/mol. The van der Waals surface area contributed by atoms with Crippen molar-refractivity contribution in [3.8, 4) is 0 Å². The summed E-state index contributed by atoms with van der Waals surface area (Å²) in [6, 6.07) is 4.98. The van der Waals surface area contributed by atoms with Crippen molar-refractivity contribution in [3.05, 3.63) is 47.1 Å². The first-order chi connectivity index (χ1) is 21.1. The maximum atomic E-state index is 14.7. The fourth-order valence-electron chi connectivity index (χ4n) is 7.36. The molecule has 4 N–H and O–H groups in total. The maximum absolute atomic E-state index is 14.7. The van der Waals surface area contributed by atoms with Gasteiger partial charge in [-0.15, -0.1) is 0 Å². The van der Waals surface area contributed by atoms with Crippen molar-refractivity contribution in [1.29, 1.82) is 0 Å². The summed E-state index contributed by atoms with van der Waals surface area (Å²) < 4.78 is 6.82. The number of anilines is 2. The van der Waals surface area contributed by atoms with Crippen molar-refractivity contribution in [2.45, 2.75) is 109 Å². The Kier molecular flexibility index (Phi) is 10.8. The summed E-state index contributed by atoms with van der Waals surface area (Å²) in [6.07, 6.45) is 5.62. The molecule has 2 saturated heterocycles. The minimum absolute atomic E-state index is 0.00527. The number of allylic oxidation sites excluding steroid dienone is 3. The molecule has 0 saturated carbocycles. The first-order valence-corrected chi connectivity index (χ1v) is 19.2. The molecule has 248 valence electrons. The Morgan fingerprint density at radius 1 is 1.22 bits per heavy atom. The Hall–Kier alpha value is -2.83. The van der Waals surface area contributed by atoms with Gasteiger partial charge < -0.3 is 34.9 Å². The highest BCUT2D eigenvalue weighted by atomic mass is 28.4. The first-order valence-electron chi connectivity index (χ1n) is 16.2. The minimum Gasteiger partial charge on any atom is -0.432 e. The van der Waals surface area contributed by atoms with Crippen LogP contribution in [0, 0.1) is 5.92 Å². The highest BCUT2D eigenvalue weighted by molar-refractivity contribution is 6.71. The summed E-state index contributed by atoms with van der Waals surface area (Å²) >= 11 is 0. The fraction of sp³-hybridized carbons (Fsp3) is 0.618. The number of rotatable bonds is 11. The SMILES string of the molecule is CC(C)=CCC/C(C)=C/CN1C(=O)[C@]2(O[C@H](CC(=O)N3CCC[C@H]3CO)[C@@H]([Si](C)(C)O)[C@@H]2C)c2cc(NC(=O)[C@H](C)O)ccc21. The number of hydrogen-bond acceptors (Lipinski definition) is 7. The van der Waals surface area contributed by atoms with E-state index in [0.717, 1.165) is 31.3 Å². The van der Waals surface area contributed by atoms with E-state index in [-0.39, 0.29) is 30.9 Å². The number of benzene rings is 1. The summed E-state index contributed by atoms with van der Waals surface area (Å²) in [4.78, 5) is 55.6. The highest BCUT2D eigenvalue weighted by Crippen LogP contribution is 2.60. The van der Waals surface area contributed by atoms with Crippen molar-refractivity contribution in [2.75, 3.05) is 29.9 Å². The lowest BCUT2D eigenvalue weighted by Crippen LogP contribution is -2.46. The molecule has 3 aliphatic heterocycles. The van der Waals surface area contributed by atoms with Crippen LogP contribution in [0.3, 0.4) is 0 Å². The van der Waals surface area contributed by atoms with Gasteiger partial charge in [-0.2, -0.15) is 0 Å². The molecular formula is C34H51N3O7Si. The van der Waals surface area contributed by atoms with Gasteiger partial charge in [0, 0.05) is 35.8 Å². The molecule has 10 nitrogen and oxygen atoms in total. The lowest BCUT2D eigenvalue weighted by atomic mass is 9.82. The molecule has 1 spiro atoms. The first kappa shape index (κ1) is 35.0. The van der Waals surface area contributed by atoms with Gasteiger partial charge in [-0.3, -0.25) is 14.4 Å². The number of nitrogens with one attached hydrogen (secondary N) is 1. The van der Waals surface area contributed by atoms with Crippen molar-refractivity contribution in [2.24, 2.45) is 5.92 Å². The Morgan fingerprint density at radius 2 is 1.93 bits per heavy atom. The van der Waals surface area contributed by atoms with E-state index < -0.39 is 43.5 Å². The van der Waals surface area contributed by atoms with E-state index in [1.807, 2.05) is 26.1 Å². The fourth-order valence-corrected chi connectivity index (χ4v) is 9.92. The number of amides is 3. The van der Waals surface area contributed by atoms with Gasteiger partial charge in [0.1, 0.15) is 6.10 Å². The number of nitrogens with zero attached hydrogens (tertiary/aromatic N) is 2. The maximum Gasteiger partial charge on any atom is 0.264 e. The van der Waals surface area contributed by atoms with Crippen LogP contribution in [-0.2, 0) is 24.7 Å². The quantitative estimate of drug-likeness (QED) is 0.210. The smallest absolute Gasteiger partial charge is 0.264 e. The summed E-state index contributed by atoms with van der Waals surface area (Å²) in [7, 11) is -3.00.